The van der Waals surface area contributed by atoms with E-state index in [9.17, 15) is 0 Å². The number of aryl methyl sites for hydroxylation is 1. The predicted octanol–water partition coefficient (Wildman–Crippen LogP) is 3.47. The molecule has 3 N–H and O–H groups in total. The highest BCUT2D eigenvalue weighted by atomic mass is 32.1. The normalized spacial score (nSPS) is 16.1. The van der Waals surface area contributed by atoms with Crippen molar-refractivity contribution in [2.24, 2.45) is 0 Å². The first-order valence-electron chi connectivity index (χ1n) is 7.74. The van der Waals surface area contributed by atoms with E-state index in [0.717, 1.165) is 41.0 Å². The van der Waals surface area contributed by atoms with Gasteiger partial charge in [0, 0.05) is 19.1 Å². The summed E-state index contributed by atoms with van der Waals surface area (Å²) in [6, 6.07) is 4.88. The molecule has 0 saturated heterocycles. The first-order valence-corrected chi connectivity index (χ1v) is 8.56. The quantitative estimate of drug-likeness (QED) is 0.831. The van der Waals surface area contributed by atoms with E-state index in [0.29, 0.717) is 0 Å². The lowest BCUT2D eigenvalue weighted by Crippen LogP contribution is -2.33. The average Bonchev–Trinajstić information content (AvgIpc) is 3.07. The van der Waals surface area contributed by atoms with Crippen LogP contribution in [-0.4, -0.2) is 36.1 Å². The van der Waals surface area contributed by atoms with Crippen LogP contribution in [-0.2, 0) is 0 Å². The van der Waals surface area contributed by atoms with Crippen LogP contribution in [0.1, 0.15) is 30.7 Å². The molecule has 0 bridgehead atoms. The number of nitrogens with zero attached hydrogens (tertiary/aromatic N) is 2. The summed E-state index contributed by atoms with van der Waals surface area (Å²) in [6.45, 7) is 4.01. The lowest BCUT2D eigenvalue weighted by molar-refractivity contribution is 0.254. The van der Waals surface area contributed by atoms with Gasteiger partial charge in [0.15, 0.2) is 0 Å². The van der Waals surface area contributed by atoms with Gasteiger partial charge in [0.05, 0.1) is 26.6 Å². The third-order valence-electron chi connectivity index (χ3n) is 4.39. The summed E-state index contributed by atoms with van der Waals surface area (Å²) in [6.07, 6.45) is 5.47. The Morgan fingerprint density at radius 3 is 2.90 bits per heavy atom. The van der Waals surface area contributed by atoms with Crippen LogP contribution in [0.5, 0.6) is 0 Å². The molecule has 1 aliphatic carbocycles. The summed E-state index contributed by atoms with van der Waals surface area (Å²) in [5.74, 6) is 0. The SMILES string of the molecule is Cc1nc2cc(NCCN(C)C3CCCC3)c(N)cc2s1. The Hall–Kier alpha value is -1.33. The van der Waals surface area contributed by atoms with Gasteiger partial charge >= 0.3 is 0 Å². The Morgan fingerprint density at radius 2 is 2.14 bits per heavy atom. The van der Waals surface area contributed by atoms with Crippen LogP contribution in [0.25, 0.3) is 10.2 Å². The third kappa shape index (κ3) is 3.30. The zero-order chi connectivity index (χ0) is 14.8. The monoisotopic (exact) mass is 304 g/mol. The van der Waals surface area contributed by atoms with Crippen LogP contribution >= 0.6 is 11.3 Å². The number of hydrogen-bond acceptors (Lipinski definition) is 5. The topological polar surface area (TPSA) is 54.2 Å². The maximum Gasteiger partial charge on any atom is 0.0907 e. The zero-order valence-electron chi connectivity index (χ0n) is 12.9. The Labute approximate surface area is 130 Å². The maximum absolute atomic E-state index is 6.14. The van der Waals surface area contributed by atoms with Gasteiger partial charge in [-0.2, -0.15) is 0 Å². The number of likely N-dealkylation sites (N-methyl/N-ethyl adjacent to an activating group) is 1. The van der Waals surface area contributed by atoms with Gasteiger partial charge in [0.1, 0.15) is 0 Å². The number of nitrogens with one attached hydrogen (secondary N) is 1. The minimum absolute atomic E-state index is 0.771. The molecule has 5 heteroatoms. The van der Waals surface area contributed by atoms with E-state index in [2.05, 4.69) is 28.3 Å². The van der Waals surface area contributed by atoms with Crippen LogP contribution in [0.3, 0.4) is 0 Å². The molecular formula is C16H24N4S. The first-order chi connectivity index (χ1) is 10.1. The molecule has 1 aromatic heterocycles. The zero-order valence-corrected chi connectivity index (χ0v) is 13.7. The second-order valence-electron chi connectivity index (χ2n) is 5.99. The minimum Gasteiger partial charge on any atom is -0.397 e. The minimum atomic E-state index is 0.771. The van der Waals surface area contributed by atoms with Crippen molar-refractivity contribution in [1.82, 2.24) is 9.88 Å². The number of hydrogen-bond donors (Lipinski definition) is 2. The molecule has 3 rings (SSSR count). The summed E-state index contributed by atoms with van der Waals surface area (Å²) in [7, 11) is 2.23. The van der Waals surface area contributed by atoms with Gasteiger partial charge < -0.3 is 16.0 Å². The van der Waals surface area contributed by atoms with E-state index in [-0.39, 0.29) is 0 Å². The molecule has 0 amide bonds. The second-order valence-corrected chi connectivity index (χ2v) is 7.22. The molecule has 0 unspecified atom stereocenters. The molecule has 4 nitrogen and oxygen atoms in total. The number of aromatic nitrogens is 1. The van der Waals surface area contributed by atoms with Crippen molar-refractivity contribution in [1.29, 1.82) is 0 Å². The average molecular weight is 304 g/mol. The van der Waals surface area contributed by atoms with Crippen LogP contribution in [0.2, 0.25) is 0 Å². The standard InChI is InChI=1S/C16H24N4S/c1-11-19-15-10-14(13(17)9-16(15)21-11)18-7-8-20(2)12-5-3-4-6-12/h9-10,12,18H,3-8,17H2,1-2H3. The molecule has 0 radical (unpaired) electrons. The number of anilines is 2. The van der Waals surface area contributed by atoms with Crippen LogP contribution in [0.4, 0.5) is 11.4 Å². The molecule has 1 fully saturated rings. The molecule has 21 heavy (non-hydrogen) atoms. The van der Waals surface area contributed by atoms with Crippen molar-refractivity contribution in [3.63, 3.8) is 0 Å². The number of nitrogen functional groups attached to an aromatic ring is 1. The van der Waals surface area contributed by atoms with E-state index < -0.39 is 0 Å². The van der Waals surface area contributed by atoms with E-state index in [4.69, 9.17) is 5.73 Å². The van der Waals surface area contributed by atoms with Crippen LogP contribution in [0.15, 0.2) is 12.1 Å². The van der Waals surface area contributed by atoms with E-state index in [1.165, 1.54) is 30.4 Å². The predicted molar refractivity (Wildman–Crippen MR) is 92.1 cm³/mol. The van der Waals surface area contributed by atoms with Gasteiger partial charge in [-0.1, -0.05) is 12.8 Å². The number of fused-ring (bicyclic) bond motifs is 1. The van der Waals surface area contributed by atoms with E-state index in [1.54, 1.807) is 11.3 Å². The smallest absolute Gasteiger partial charge is 0.0907 e. The van der Waals surface area contributed by atoms with Crippen LogP contribution in [0, 0.1) is 6.92 Å². The highest BCUT2D eigenvalue weighted by Gasteiger charge is 2.18. The van der Waals surface area contributed by atoms with Crippen molar-refractivity contribution in [3.8, 4) is 0 Å². The summed E-state index contributed by atoms with van der Waals surface area (Å²) < 4.78 is 1.17. The fourth-order valence-corrected chi connectivity index (χ4v) is 4.01. The van der Waals surface area contributed by atoms with Crippen molar-refractivity contribution < 1.29 is 0 Å². The molecule has 1 aromatic carbocycles. The molecule has 1 aliphatic rings. The Bertz CT molecular complexity index is 616. The fourth-order valence-electron chi connectivity index (χ4n) is 3.15. The van der Waals surface area contributed by atoms with Gasteiger partial charge in [0.25, 0.3) is 0 Å². The largest absolute Gasteiger partial charge is 0.397 e. The van der Waals surface area contributed by atoms with Gasteiger partial charge in [0.2, 0.25) is 0 Å². The Kier molecular flexibility index (Phi) is 4.31. The van der Waals surface area contributed by atoms with E-state index >= 15 is 0 Å². The molecular weight excluding hydrogens is 280 g/mol. The van der Waals surface area contributed by atoms with Crippen LogP contribution < -0.4 is 11.1 Å². The van der Waals surface area contributed by atoms with Crippen molar-refractivity contribution in [2.75, 3.05) is 31.2 Å². The summed E-state index contributed by atoms with van der Waals surface area (Å²) in [5.41, 5.74) is 9.00. The molecule has 2 aromatic rings. The second kappa shape index (κ2) is 6.20. The lowest BCUT2D eigenvalue weighted by atomic mass is 10.2. The number of rotatable bonds is 5. The van der Waals surface area contributed by atoms with Crippen molar-refractivity contribution in [2.45, 2.75) is 38.6 Å². The molecule has 1 heterocycles. The molecule has 0 atom stereocenters. The lowest BCUT2D eigenvalue weighted by Gasteiger charge is -2.24. The highest BCUT2D eigenvalue weighted by molar-refractivity contribution is 7.18. The Morgan fingerprint density at radius 1 is 1.38 bits per heavy atom. The summed E-state index contributed by atoms with van der Waals surface area (Å²) in [4.78, 5) is 7.01. The van der Waals surface area contributed by atoms with Gasteiger partial charge in [-0.15, -0.1) is 11.3 Å². The number of benzene rings is 1. The molecule has 1 saturated carbocycles. The Balaban J connectivity index is 1.60. The van der Waals surface area contributed by atoms with Gasteiger partial charge in [-0.25, -0.2) is 4.98 Å². The molecule has 114 valence electrons. The maximum atomic E-state index is 6.14. The fraction of sp³-hybridized carbons (Fsp3) is 0.562. The van der Waals surface area contributed by atoms with Crippen molar-refractivity contribution in [3.05, 3.63) is 17.1 Å². The van der Waals surface area contributed by atoms with Gasteiger partial charge in [-0.05, 0) is 38.9 Å². The summed E-state index contributed by atoms with van der Waals surface area (Å²) in [5, 5.41) is 4.55. The first kappa shape index (κ1) is 14.6. The molecule has 0 spiro atoms. The highest BCUT2D eigenvalue weighted by Crippen LogP contribution is 2.29. The third-order valence-corrected chi connectivity index (χ3v) is 5.33. The van der Waals surface area contributed by atoms with Gasteiger partial charge in [-0.3, -0.25) is 0 Å². The van der Waals surface area contributed by atoms with Crippen molar-refractivity contribution >= 4 is 32.9 Å². The molecule has 0 aliphatic heterocycles. The number of nitrogens with two attached hydrogens (primary N) is 1. The summed E-state index contributed by atoms with van der Waals surface area (Å²) >= 11 is 1.69. The van der Waals surface area contributed by atoms with E-state index in [1.807, 2.05) is 13.0 Å². The number of thiazole rings is 1.